The third kappa shape index (κ3) is 23.8. The fraction of sp³-hybridized carbons (Fsp3) is 0.563. The second-order valence-electron chi connectivity index (χ2n) is 32.8. The first-order valence-electron chi connectivity index (χ1n) is 41.9. The van der Waals surface area contributed by atoms with E-state index in [0.717, 1.165) is 54.9 Å². The smallest absolute Gasteiger partial charge is 0.333 e. The average molecular weight is 1710 g/mol. The first-order chi connectivity index (χ1) is 57.7. The number of esters is 2. The van der Waals surface area contributed by atoms with E-state index in [1.165, 1.54) is 59.2 Å². The Morgan fingerprint density at radius 1 is 0.785 bits per heavy atom. The van der Waals surface area contributed by atoms with Crippen molar-refractivity contribution >= 4 is 98.0 Å². The van der Waals surface area contributed by atoms with Gasteiger partial charge < -0.3 is 79.7 Å². The topological polar surface area (TPSA) is 408 Å². The van der Waals surface area contributed by atoms with Gasteiger partial charge in [0.15, 0.2) is 27.3 Å². The number of ketones is 2. The van der Waals surface area contributed by atoms with Gasteiger partial charge in [-0.05, 0) is 132 Å². The maximum Gasteiger partial charge on any atom is 0.333 e. The number of likely N-dealkylation sites (N-methyl/N-ethyl adjacent to an activating group) is 1. The molecule has 10 heterocycles. The van der Waals surface area contributed by atoms with Crippen LogP contribution in [-0.2, 0) is 80.1 Å². The number of allylic oxidation sites excluding steroid dienone is 2. The number of cyclic esters (lactones) is 2. The Kier molecular flexibility index (Phi) is 32.8. The molecule has 656 valence electrons. The van der Waals surface area contributed by atoms with Gasteiger partial charge in [-0.3, -0.25) is 47.9 Å². The van der Waals surface area contributed by atoms with Crippen LogP contribution in [0.25, 0.3) is 0 Å². The highest BCUT2D eigenvalue weighted by atomic mass is 32.2. The lowest BCUT2D eigenvalue weighted by Crippen LogP contribution is -2.63. The molecule has 121 heavy (non-hydrogen) atoms. The number of aromatic hydroxyl groups is 1. The molecule has 7 saturated heterocycles. The highest BCUT2D eigenvalue weighted by Crippen LogP contribution is 2.38. The number of nitrogens with one attached hydrogen (secondary N) is 4. The van der Waals surface area contributed by atoms with Crippen molar-refractivity contribution in [3.8, 4) is 5.75 Å². The molecule has 6 N–H and O–H groups in total. The second kappa shape index (κ2) is 42.6. The van der Waals surface area contributed by atoms with E-state index in [1.807, 2.05) is 75.9 Å². The number of aliphatic hydroxyl groups excluding tert-OH is 1. The third-order valence-electron chi connectivity index (χ3n) is 23.8. The standard InChI is InChI=1S/C53H67N9O10S.C34H50N4O9S/c1-6-37-50(68)61-23-11-14-38(61)51(69)59(5)40(26-32-16-18-36(19-17-32)58(3)4)52(70)62-28-35(30-73-43-29-60-24-20-33(43)21-25-60)42(64)27-39(62)47(65)57-45(34-12-8-7-9-13-34)53(71)72-31(2)44(48(66)55-37)56-49(67)46-41(63)15-10-22-54-46;1-7-37(8-2)16-17-48(44,45)28-13-15-38-31(28)34(43)47-32(22(3)4)24(6)11-12-29(41)35-14-9-10-23(5)18-25(39)19-26(40)20-30-36-27(21-46-30)33(38)42/h7-10,12-13,15-19,22,31,33,35,37-40,43-45,63H,6,11,14,20-21,23-30H2,1-5H3,(H,55,66)(H,56,67)(H,57,65);9-12,18,21-22,24-25,28,31-32,39H,7-8,13-17,19-20H2,1-6H3,(H,35,41)/b;10-9+,12-11+,23-18+/t31-,35+,37-,38+,39+,40+,43-,44+,45+;24-,25-,28-,31-,32-/m11/s1. The third-order valence-corrected chi connectivity index (χ3v) is 27.5. The predicted molar refractivity (Wildman–Crippen MR) is 452 cm³/mol. The van der Waals surface area contributed by atoms with Crippen LogP contribution in [0.4, 0.5) is 5.69 Å². The molecule has 34 heteroatoms. The molecule has 32 nitrogen and oxygen atoms in total. The molecule has 2 aromatic carbocycles. The molecule has 8 aliphatic heterocycles. The Balaban J connectivity index is 0.000000278. The number of aromatic nitrogens is 2. The summed E-state index contributed by atoms with van der Waals surface area (Å²) in [5.41, 5.74) is 1.99. The van der Waals surface area contributed by atoms with Gasteiger partial charge in [0.2, 0.25) is 41.3 Å². The Morgan fingerprint density at radius 3 is 2.17 bits per heavy atom. The number of nitrogens with zero attached hydrogens (tertiary/aromatic N) is 9. The number of piperidine rings is 4. The van der Waals surface area contributed by atoms with Gasteiger partial charge in [0.05, 0.1) is 23.5 Å². The van der Waals surface area contributed by atoms with Crippen LogP contribution in [-0.4, -0.2) is 292 Å². The van der Waals surface area contributed by atoms with Crippen LogP contribution in [0.2, 0.25) is 0 Å². The van der Waals surface area contributed by atoms with Crippen LogP contribution in [0.15, 0.2) is 120 Å². The zero-order chi connectivity index (χ0) is 87.7. The highest BCUT2D eigenvalue weighted by Gasteiger charge is 2.52. The number of carbonyl (C=O) groups excluding carboxylic acids is 12. The van der Waals surface area contributed by atoms with Gasteiger partial charge in [-0.1, -0.05) is 114 Å². The molecule has 0 spiro atoms. The van der Waals surface area contributed by atoms with Gasteiger partial charge in [0, 0.05) is 114 Å². The molecule has 12 rings (SSSR count). The molecular formula is C87H117N13O19S2. The summed E-state index contributed by atoms with van der Waals surface area (Å²) in [6.45, 7) is 19.0. The maximum atomic E-state index is 15.7. The van der Waals surface area contributed by atoms with E-state index in [1.54, 1.807) is 81.1 Å². The van der Waals surface area contributed by atoms with Gasteiger partial charge in [0.1, 0.15) is 72.0 Å². The lowest BCUT2D eigenvalue weighted by Gasteiger charge is -2.45. The van der Waals surface area contributed by atoms with Crippen molar-refractivity contribution in [2.24, 2.45) is 23.7 Å². The van der Waals surface area contributed by atoms with Crippen molar-refractivity contribution in [2.75, 3.05) is 103 Å². The number of amides is 8. The van der Waals surface area contributed by atoms with E-state index in [9.17, 15) is 61.8 Å². The van der Waals surface area contributed by atoms with E-state index in [-0.39, 0.29) is 124 Å². The molecule has 7 fully saturated rings. The van der Waals surface area contributed by atoms with Crippen molar-refractivity contribution < 1.29 is 90.1 Å². The number of carbonyl (C=O) groups is 12. The van der Waals surface area contributed by atoms with Crippen molar-refractivity contribution in [3.05, 3.63) is 144 Å². The van der Waals surface area contributed by atoms with Crippen molar-refractivity contribution in [3.63, 3.8) is 0 Å². The Morgan fingerprint density at radius 2 is 1.50 bits per heavy atom. The molecule has 2 aromatic heterocycles. The van der Waals surface area contributed by atoms with Crippen LogP contribution >= 0.6 is 11.8 Å². The number of ether oxygens (including phenoxy) is 2. The minimum atomic E-state index is -3.87. The monoisotopic (exact) mass is 1710 g/mol. The molecule has 8 amide bonds. The van der Waals surface area contributed by atoms with Crippen LogP contribution in [0.3, 0.4) is 0 Å². The van der Waals surface area contributed by atoms with Gasteiger partial charge >= 0.3 is 11.9 Å². The molecule has 0 unspecified atom stereocenters. The number of pyridine rings is 1. The molecule has 4 aromatic rings. The number of Topliss-reactive ketones (excluding diaryl/α,β-unsaturated/α-hetero) is 2. The molecule has 8 aliphatic rings. The minimum absolute atomic E-state index is 0.0243. The molecule has 0 aliphatic carbocycles. The maximum absolute atomic E-state index is 15.7. The van der Waals surface area contributed by atoms with Crippen LogP contribution in [0, 0.1) is 23.7 Å². The summed E-state index contributed by atoms with van der Waals surface area (Å²) in [6.07, 6.45) is 9.09. The van der Waals surface area contributed by atoms with Crippen LogP contribution < -0.4 is 26.2 Å². The van der Waals surface area contributed by atoms with Gasteiger partial charge in [-0.2, -0.15) is 11.8 Å². The van der Waals surface area contributed by atoms with Gasteiger partial charge in [0.25, 0.3) is 11.8 Å². The fourth-order valence-electron chi connectivity index (χ4n) is 16.8. The van der Waals surface area contributed by atoms with Crippen LogP contribution in [0.1, 0.15) is 151 Å². The number of thioether (sulfide) groups is 1. The number of rotatable bonds is 17. The average Bonchev–Trinajstić information content (AvgIpc) is 1.69. The highest BCUT2D eigenvalue weighted by molar-refractivity contribution is 8.00. The molecule has 14 atom stereocenters. The van der Waals surface area contributed by atoms with Crippen LogP contribution in [0.5, 0.6) is 5.75 Å². The molecule has 0 radical (unpaired) electrons. The predicted octanol–water partition coefficient (Wildman–Crippen LogP) is 4.59. The first kappa shape index (κ1) is 93.1. The van der Waals surface area contributed by atoms with E-state index in [0.29, 0.717) is 42.0 Å². The Hall–Kier alpha value is -10.2. The summed E-state index contributed by atoms with van der Waals surface area (Å²) in [7, 11) is 1.46. The van der Waals surface area contributed by atoms with E-state index < -0.39 is 152 Å². The zero-order valence-electron chi connectivity index (χ0n) is 70.9. The number of aliphatic hydroxyl groups is 1. The summed E-state index contributed by atoms with van der Waals surface area (Å²) in [5.74, 6) is -9.05. The lowest BCUT2D eigenvalue weighted by atomic mass is 9.88. The summed E-state index contributed by atoms with van der Waals surface area (Å²) in [6, 6.07) is 8.81. The number of anilines is 1. The SMILES string of the molecule is CCN(CC)CCS(=O)(=O)[C@@H]1CCN2C(=O)c3coc(n3)CC(=O)C[C@H](O)/C=C(C)/C=C/CNC(=O)/C=C/[C@@H](C)[C@@H](C(C)C)OC(=O)[C@@H]12.CC[C@H]1NC(=O)[C@@H](NC(=O)c2ncccc2O)[C@@H](C)OC(=O)[C@H](c2ccccc2)NC(=O)[C@@H]2CC(=O)[C@H](CS[C@@H]3CN4CCC3CC4)CN2C(=O)[C@H](Cc2ccc(N(C)C)cc2)N(C)C(=O)[C@@H]2CCCN2C1=O. The van der Waals surface area contributed by atoms with Crippen molar-refractivity contribution in [1.82, 2.24) is 60.6 Å². The summed E-state index contributed by atoms with van der Waals surface area (Å²) < 4.78 is 44.9. The molecular weight excluding hydrogens is 1600 g/mol. The van der Waals surface area contributed by atoms with Gasteiger partial charge in [-0.25, -0.2) is 28.0 Å². The molecule has 4 bridgehead atoms. The van der Waals surface area contributed by atoms with Crippen molar-refractivity contribution in [2.45, 2.75) is 191 Å². The number of oxazole rings is 1. The largest absolute Gasteiger partial charge is 0.505 e. The number of hydrogen-bond acceptors (Lipinski definition) is 25. The fourth-order valence-corrected chi connectivity index (χ4v) is 20.3. The quantitative estimate of drug-likeness (QED) is 0.0787. The zero-order valence-corrected chi connectivity index (χ0v) is 72.5. The summed E-state index contributed by atoms with van der Waals surface area (Å²) in [5, 5.41) is 30.8. The number of benzene rings is 2. The second-order valence-corrected chi connectivity index (χ2v) is 36.4. The summed E-state index contributed by atoms with van der Waals surface area (Å²) in [4.78, 5) is 190. The van der Waals surface area contributed by atoms with E-state index in [4.69, 9.17) is 13.9 Å². The van der Waals surface area contributed by atoms with E-state index >= 15 is 14.4 Å². The van der Waals surface area contributed by atoms with Gasteiger partial charge in [-0.15, -0.1) is 0 Å². The normalized spacial score (nSPS) is 28.9. The first-order valence-corrected chi connectivity index (χ1v) is 44.7. The number of sulfone groups is 1. The lowest BCUT2D eigenvalue weighted by molar-refractivity contribution is -0.158. The van der Waals surface area contributed by atoms with Crippen molar-refractivity contribution in [1.29, 1.82) is 0 Å². The Labute approximate surface area is 711 Å². The molecule has 0 saturated carbocycles. The van der Waals surface area contributed by atoms with E-state index in [2.05, 4.69) is 36.1 Å². The number of fused-ring (bicyclic) bond motifs is 8. The Bertz CT molecular complexity index is 4590. The summed E-state index contributed by atoms with van der Waals surface area (Å²) >= 11 is 1.73. The number of hydrogen-bond donors (Lipinski definition) is 6. The minimum Gasteiger partial charge on any atom is -0.505 e.